The number of rotatable bonds is 3. The first-order valence-electron chi connectivity index (χ1n) is 9.78. The lowest BCUT2D eigenvalue weighted by Crippen LogP contribution is -2.48. The van der Waals surface area contributed by atoms with Gasteiger partial charge in [0.05, 0.1) is 4.88 Å². The van der Waals surface area contributed by atoms with Gasteiger partial charge in [-0.3, -0.25) is 25.2 Å². The van der Waals surface area contributed by atoms with Crippen molar-refractivity contribution in [2.75, 3.05) is 13.1 Å². The van der Waals surface area contributed by atoms with Crippen molar-refractivity contribution in [1.29, 1.82) is 0 Å². The number of hydrogen-bond donors (Lipinski definition) is 2. The Hall–Kier alpha value is -2.38. The quantitative estimate of drug-likeness (QED) is 0.732. The van der Waals surface area contributed by atoms with Crippen molar-refractivity contribution in [3.05, 3.63) is 56.2 Å². The SMILES string of the molecule is O=C(NNC(=O)C1CCN(C(=O)c2ccc(Cl)cc2)CC1)c1cc2c(s1)CCC2. The van der Waals surface area contributed by atoms with E-state index in [1.807, 2.05) is 6.07 Å². The lowest BCUT2D eigenvalue weighted by Gasteiger charge is -2.31. The Labute approximate surface area is 178 Å². The molecule has 29 heavy (non-hydrogen) atoms. The first-order valence-corrected chi connectivity index (χ1v) is 11.0. The second-order valence-electron chi connectivity index (χ2n) is 7.43. The highest BCUT2D eigenvalue weighted by Gasteiger charge is 2.28. The van der Waals surface area contributed by atoms with Gasteiger partial charge in [0.1, 0.15) is 0 Å². The van der Waals surface area contributed by atoms with E-state index in [4.69, 9.17) is 11.6 Å². The second kappa shape index (κ2) is 8.55. The maximum absolute atomic E-state index is 12.5. The minimum Gasteiger partial charge on any atom is -0.339 e. The third kappa shape index (κ3) is 4.46. The fourth-order valence-corrected chi connectivity index (χ4v) is 5.12. The van der Waals surface area contributed by atoms with Gasteiger partial charge in [-0.25, -0.2) is 0 Å². The average Bonchev–Trinajstić information content (AvgIpc) is 3.34. The minimum atomic E-state index is -0.270. The van der Waals surface area contributed by atoms with Gasteiger partial charge in [-0.2, -0.15) is 0 Å². The predicted octanol–water partition coefficient (Wildman–Crippen LogP) is 3.20. The zero-order valence-electron chi connectivity index (χ0n) is 15.9. The molecule has 2 heterocycles. The molecule has 2 aromatic rings. The van der Waals surface area contributed by atoms with Gasteiger partial charge in [-0.15, -0.1) is 11.3 Å². The number of hydrazine groups is 1. The molecule has 0 radical (unpaired) electrons. The molecule has 0 bridgehead atoms. The van der Waals surface area contributed by atoms with Crippen molar-refractivity contribution in [1.82, 2.24) is 15.8 Å². The molecule has 1 aromatic heterocycles. The molecule has 1 fully saturated rings. The maximum Gasteiger partial charge on any atom is 0.279 e. The van der Waals surface area contributed by atoms with E-state index in [9.17, 15) is 14.4 Å². The largest absolute Gasteiger partial charge is 0.339 e. The van der Waals surface area contributed by atoms with E-state index in [0.29, 0.717) is 41.4 Å². The number of halogens is 1. The number of benzene rings is 1. The van der Waals surface area contributed by atoms with E-state index < -0.39 is 0 Å². The molecule has 0 spiro atoms. The van der Waals surface area contributed by atoms with Crippen LogP contribution in [0.2, 0.25) is 5.02 Å². The van der Waals surface area contributed by atoms with E-state index in [1.54, 1.807) is 29.2 Å². The van der Waals surface area contributed by atoms with Crippen LogP contribution in [0.4, 0.5) is 0 Å². The van der Waals surface area contributed by atoms with Crippen LogP contribution in [-0.4, -0.2) is 35.7 Å². The third-order valence-electron chi connectivity index (χ3n) is 5.51. The van der Waals surface area contributed by atoms with Crippen LogP contribution in [0.25, 0.3) is 0 Å². The Morgan fingerprint density at radius 2 is 1.76 bits per heavy atom. The Morgan fingerprint density at radius 1 is 1.03 bits per heavy atom. The number of aryl methyl sites for hydroxylation is 2. The summed E-state index contributed by atoms with van der Waals surface area (Å²) >= 11 is 7.37. The van der Waals surface area contributed by atoms with Crippen molar-refractivity contribution >= 4 is 40.7 Å². The molecule has 4 rings (SSSR count). The van der Waals surface area contributed by atoms with Crippen LogP contribution in [0.15, 0.2) is 30.3 Å². The lowest BCUT2D eigenvalue weighted by molar-refractivity contribution is -0.127. The van der Waals surface area contributed by atoms with Gasteiger partial charge < -0.3 is 4.90 Å². The van der Waals surface area contributed by atoms with Gasteiger partial charge >= 0.3 is 0 Å². The molecule has 2 aliphatic rings. The Morgan fingerprint density at radius 3 is 2.45 bits per heavy atom. The molecule has 0 atom stereocenters. The number of hydrogen-bond acceptors (Lipinski definition) is 4. The molecular formula is C21H22ClN3O3S. The normalized spacial score (nSPS) is 16.4. The fraction of sp³-hybridized carbons (Fsp3) is 0.381. The number of nitrogens with zero attached hydrogens (tertiary/aromatic N) is 1. The summed E-state index contributed by atoms with van der Waals surface area (Å²) in [6, 6.07) is 8.73. The monoisotopic (exact) mass is 431 g/mol. The van der Waals surface area contributed by atoms with Gasteiger partial charge in [0.15, 0.2) is 0 Å². The molecular weight excluding hydrogens is 410 g/mol. The highest BCUT2D eigenvalue weighted by Crippen LogP contribution is 2.30. The molecule has 152 valence electrons. The molecule has 1 aliphatic carbocycles. The maximum atomic E-state index is 12.5. The van der Waals surface area contributed by atoms with Crippen molar-refractivity contribution in [3.63, 3.8) is 0 Å². The zero-order valence-corrected chi connectivity index (χ0v) is 17.4. The topological polar surface area (TPSA) is 78.5 Å². The van der Waals surface area contributed by atoms with Gasteiger partial charge in [0.25, 0.3) is 11.8 Å². The first kappa shape index (κ1) is 19.9. The van der Waals surface area contributed by atoms with E-state index >= 15 is 0 Å². The van der Waals surface area contributed by atoms with Crippen LogP contribution < -0.4 is 10.9 Å². The van der Waals surface area contributed by atoms with Crippen molar-refractivity contribution < 1.29 is 14.4 Å². The predicted molar refractivity (Wildman–Crippen MR) is 112 cm³/mol. The highest BCUT2D eigenvalue weighted by atomic mass is 35.5. The summed E-state index contributed by atoms with van der Waals surface area (Å²) in [6.07, 6.45) is 4.34. The van der Waals surface area contributed by atoms with E-state index in [-0.39, 0.29) is 23.6 Å². The van der Waals surface area contributed by atoms with E-state index in [0.717, 1.165) is 19.3 Å². The number of piperidine rings is 1. The smallest absolute Gasteiger partial charge is 0.279 e. The van der Waals surface area contributed by atoms with Crippen LogP contribution in [0.5, 0.6) is 0 Å². The fourth-order valence-electron chi connectivity index (χ4n) is 3.84. The molecule has 8 heteroatoms. The molecule has 3 amide bonds. The summed E-state index contributed by atoms with van der Waals surface area (Å²) in [5.41, 5.74) is 6.92. The molecule has 1 saturated heterocycles. The average molecular weight is 432 g/mol. The van der Waals surface area contributed by atoms with Crippen LogP contribution in [-0.2, 0) is 17.6 Å². The molecule has 0 unspecified atom stereocenters. The zero-order chi connectivity index (χ0) is 20.4. The van der Waals surface area contributed by atoms with Crippen LogP contribution >= 0.6 is 22.9 Å². The lowest BCUT2D eigenvalue weighted by atomic mass is 9.95. The second-order valence-corrected chi connectivity index (χ2v) is 9.00. The molecule has 2 N–H and O–H groups in total. The Kier molecular flexibility index (Phi) is 5.87. The summed E-state index contributed by atoms with van der Waals surface area (Å²) in [6.45, 7) is 1.01. The Balaban J connectivity index is 1.25. The number of amides is 3. The van der Waals surface area contributed by atoms with E-state index in [1.165, 1.54) is 21.8 Å². The highest BCUT2D eigenvalue weighted by molar-refractivity contribution is 7.14. The molecule has 0 saturated carbocycles. The summed E-state index contributed by atoms with van der Waals surface area (Å²) < 4.78 is 0. The van der Waals surface area contributed by atoms with Gasteiger partial charge in [-0.05, 0) is 68.0 Å². The first-order chi connectivity index (χ1) is 14.0. The van der Waals surface area contributed by atoms with Crippen molar-refractivity contribution in [2.24, 2.45) is 5.92 Å². The summed E-state index contributed by atoms with van der Waals surface area (Å²) in [7, 11) is 0. The molecule has 1 aromatic carbocycles. The number of likely N-dealkylation sites (tertiary alicyclic amines) is 1. The minimum absolute atomic E-state index is 0.0560. The molecule has 6 nitrogen and oxygen atoms in total. The molecule has 1 aliphatic heterocycles. The van der Waals surface area contributed by atoms with Crippen LogP contribution in [0, 0.1) is 5.92 Å². The number of carbonyl (C=O) groups is 3. The van der Waals surface area contributed by atoms with Gasteiger partial charge in [0.2, 0.25) is 5.91 Å². The third-order valence-corrected chi connectivity index (χ3v) is 7.00. The van der Waals surface area contributed by atoms with Gasteiger partial charge in [0, 0.05) is 34.5 Å². The van der Waals surface area contributed by atoms with Crippen LogP contribution in [0.1, 0.15) is 49.7 Å². The number of fused-ring (bicyclic) bond motifs is 1. The Bertz CT molecular complexity index is 912. The summed E-state index contributed by atoms with van der Waals surface area (Å²) in [4.78, 5) is 40.9. The summed E-state index contributed by atoms with van der Waals surface area (Å²) in [5, 5.41) is 0.589. The van der Waals surface area contributed by atoms with Crippen molar-refractivity contribution in [3.8, 4) is 0 Å². The van der Waals surface area contributed by atoms with Crippen molar-refractivity contribution in [2.45, 2.75) is 32.1 Å². The summed E-state index contributed by atoms with van der Waals surface area (Å²) in [5.74, 6) is -0.758. The number of carbonyl (C=O) groups excluding carboxylic acids is 3. The standard InChI is InChI=1S/C21H22ClN3O3S/c22-16-6-4-14(5-7-16)21(28)25-10-8-13(9-11-25)19(26)23-24-20(27)18-12-15-2-1-3-17(15)29-18/h4-7,12-13H,1-3,8-11H2,(H,23,26)(H,24,27). The number of thiophene rings is 1. The van der Waals surface area contributed by atoms with E-state index in [2.05, 4.69) is 10.9 Å². The van der Waals surface area contributed by atoms with Crippen LogP contribution in [0.3, 0.4) is 0 Å². The number of nitrogens with one attached hydrogen (secondary N) is 2. The van der Waals surface area contributed by atoms with Gasteiger partial charge in [-0.1, -0.05) is 11.6 Å².